The fourth-order valence-corrected chi connectivity index (χ4v) is 2.50. The highest BCUT2D eigenvalue weighted by Crippen LogP contribution is 2.19. The standard InChI is InChI=1S/C15H21N3O2/c1-11(19)16-12-5-7-13(8-6-12)17-15(20)10-14-4-3-9-18(14)2/h5-8,14H,3-4,9-10H2,1-2H3,(H,16,19)(H,17,20). The second-order valence-corrected chi connectivity index (χ2v) is 5.29. The predicted octanol–water partition coefficient (Wildman–Crippen LogP) is 2.07. The Morgan fingerprint density at radius 1 is 1.20 bits per heavy atom. The molecule has 0 radical (unpaired) electrons. The monoisotopic (exact) mass is 275 g/mol. The Bertz CT molecular complexity index is 484. The Balaban J connectivity index is 1.86. The zero-order valence-corrected chi connectivity index (χ0v) is 12.0. The van der Waals surface area contributed by atoms with Gasteiger partial charge < -0.3 is 15.5 Å². The van der Waals surface area contributed by atoms with Crippen molar-refractivity contribution in [2.75, 3.05) is 24.2 Å². The molecule has 1 aliphatic heterocycles. The summed E-state index contributed by atoms with van der Waals surface area (Å²) < 4.78 is 0. The van der Waals surface area contributed by atoms with Gasteiger partial charge in [0, 0.05) is 30.8 Å². The van der Waals surface area contributed by atoms with Crippen LogP contribution in [0, 0.1) is 0 Å². The minimum Gasteiger partial charge on any atom is -0.326 e. The fraction of sp³-hybridized carbons (Fsp3) is 0.467. The number of amides is 2. The van der Waals surface area contributed by atoms with Crippen molar-refractivity contribution in [3.8, 4) is 0 Å². The molecule has 2 rings (SSSR count). The number of benzene rings is 1. The molecule has 1 aromatic carbocycles. The van der Waals surface area contributed by atoms with Gasteiger partial charge in [-0.1, -0.05) is 0 Å². The lowest BCUT2D eigenvalue weighted by atomic mass is 10.1. The van der Waals surface area contributed by atoms with Gasteiger partial charge in [0.25, 0.3) is 0 Å². The average molecular weight is 275 g/mol. The maximum Gasteiger partial charge on any atom is 0.225 e. The summed E-state index contributed by atoms with van der Waals surface area (Å²) in [7, 11) is 2.06. The Kier molecular flexibility index (Phi) is 4.74. The molecule has 0 aromatic heterocycles. The smallest absolute Gasteiger partial charge is 0.225 e. The maximum atomic E-state index is 12.0. The Morgan fingerprint density at radius 3 is 2.30 bits per heavy atom. The summed E-state index contributed by atoms with van der Waals surface area (Å²) in [4.78, 5) is 25.1. The molecule has 0 saturated carbocycles. The van der Waals surface area contributed by atoms with E-state index in [2.05, 4.69) is 22.6 Å². The number of likely N-dealkylation sites (tertiary alicyclic amines) is 1. The van der Waals surface area contributed by atoms with E-state index in [9.17, 15) is 9.59 Å². The molecular weight excluding hydrogens is 254 g/mol. The van der Waals surface area contributed by atoms with Gasteiger partial charge in [-0.25, -0.2) is 0 Å². The van der Waals surface area contributed by atoms with Gasteiger partial charge in [-0.05, 0) is 50.7 Å². The van der Waals surface area contributed by atoms with E-state index in [1.165, 1.54) is 13.3 Å². The van der Waals surface area contributed by atoms with Crippen LogP contribution in [0.15, 0.2) is 24.3 Å². The van der Waals surface area contributed by atoms with Crippen LogP contribution < -0.4 is 10.6 Å². The quantitative estimate of drug-likeness (QED) is 0.884. The van der Waals surface area contributed by atoms with Crippen molar-refractivity contribution < 1.29 is 9.59 Å². The first kappa shape index (κ1) is 14.5. The van der Waals surface area contributed by atoms with Gasteiger partial charge >= 0.3 is 0 Å². The molecule has 2 amide bonds. The number of rotatable bonds is 4. The Morgan fingerprint density at radius 2 is 1.80 bits per heavy atom. The number of hydrogen-bond donors (Lipinski definition) is 2. The molecular formula is C15H21N3O2. The minimum atomic E-state index is -0.106. The molecule has 108 valence electrons. The molecule has 5 heteroatoms. The van der Waals surface area contributed by atoms with E-state index >= 15 is 0 Å². The summed E-state index contributed by atoms with van der Waals surface area (Å²) in [6.45, 7) is 2.54. The van der Waals surface area contributed by atoms with Crippen LogP contribution in [0.2, 0.25) is 0 Å². The first-order valence-electron chi connectivity index (χ1n) is 6.92. The highest BCUT2D eigenvalue weighted by atomic mass is 16.2. The maximum absolute atomic E-state index is 12.0. The molecule has 5 nitrogen and oxygen atoms in total. The van der Waals surface area contributed by atoms with Gasteiger partial charge in [-0.15, -0.1) is 0 Å². The predicted molar refractivity (Wildman–Crippen MR) is 79.6 cm³/mol. The van der Waals surface area contributed by atoms with Crippen molar-refractivity contribution in [3.63, 3.8) is 0 Å². The van der Waals surface area contributed by atoms with Crippen LogP contribution in [0.4, 0.5) is 11.4 Å². The second kappa shape index (κ2) is 6.52. The zero-order valence-electron chi connectivity index (χ0n) is 12.0. The van der Waals surface area contributed by atoms with Crippen LogP contribution in [0.3, 0.4) is 0 Å². The third-order valence-electron chi connectivity index (χ3n) is 3.58. The Labute approximate surface area is 119 Å². The minimum absolute atomic E-state index is 0.0380. The van der Waals surface area contributed by atoms with Gasteiger partial charge in [0.1, 0.15) is 0 Å². The fourth-order valence-electron chi connectivity index (χ4n) is 2.50. The summed E-state index contributed by atoms with van der Waals surface area (Å²) in [6, 6.07) is 7.49. The van der Waals surface area contributed by atoms with Crippen molar-refractivity contribution in [1.82, 2.24) is 4.90 Å². The lowest BCUT2D eigenvalue weighted by Crippen LogP contribution is -2.29. The molecule has 0 spiro atoms. The van der Waals surface area contributed by atoms with E-state index in [0.717, 1.165) is 24.3 Å². The highest BCUT2D eigenvalue weighted by Gasteiger charge is 2.23. The number of hydrogen-bond acceptors (Lipinski definition) is 3. The van der Waals surface area contributed by atoms with Crippen LogP contribution >= 0.6 is 0 Å². The zero-order chi connectivity index (χ0) is 14.5. The first-order valence-corrected chi connectivity index (χ1v) is 6.92. The van der Waals surface area contributed by atoms with Gasteiger partial charge in [0.2, 0.25) is 11.8 Å². The number of nitrogens with one attached hydrogen (secondary N) is 2. The largest absolute Gasteiger partial charge is 0.326 e. The lowest BCUT2D eigenvalue weighted by Gasteiger charge is -2.18. The summed E-state index contributed by atoms with van der Waals surface area (Å²) in [5, 5.41) is 5.58. The van der Waals surface area contributed by atoms with Crippen molar-refractivity contribution in [1.29, 1.82) is 0 Å². The third kappa shape index (κ3) is 4.06. The van der Waals surface area contributed by atoms with E-state index in [4.69, 9.17) is 0 Å². The van der Waals surface area contributed by atoms with Gasteiger partial charge in [0.15, 0.2) is 0 Å². The second-order valence-electron chi connectivity index (χ2n) is 5.29. The van der Waals surface area contributed by atoms with Crippen molar-refractivity contribution in [3.05, 3.63) is 24.3 Å². The van der Waals surface area contributed by atoms with Crippen molar-refractivity contribution >= 4 is 23.2 Å². The molecule has 1 aliphatic rings. The van der Waals surface area contributed by atoms with E-state index in [1.807, 2.05) is 0 Å². The highest BCUT2D eigenvalue weighted by molar-refractivity contribution is 5.92. The summed E-state index contributed by atoms with van der Waals surface area (Å²) in [5.41, 5.74) is 1.48. The average Bonchev–Trinajstić information content (AvgIpc) is 2.77. The lowest BCUT2D eigenvalue weighted by molar-refractivity contribution is -0.117. The van der Waals surface area contributed by atoms with E-state index in [0.29, 0.717) is 12.5 Å². The van der Waals surface area contributed by atoms with E-state index < -0.39 is 0 Å². The summed E-state index contributed by atoms with van der Waals surface area (Å²) in [5.74, 6) is -0.0675. The molecule has 20 heavy (non-hydrogen) atoms. The normalized spacial score (nSPS) is 18.8. The van der Waals surface area contributed by atoms with Gasteiger partial charge in [-0.2, -0.15) is 0 Å². The molecule has 2 N–H and O–H groups in total. The number of carbonyl (C=O) groups excluding carboxylic acids is 2. The molecule has 0 aliphatic carbocycles. The molecule has 1 atom stereocenters. The van der Waals surface area contributed by atoms with Crippen molar-refractivity contribution in [2.45, 2.75) is 32.2 Å². The first-order chi connectivity index (χ1) is 9.54. The molecule has 0 bridgehead atoms. The molecule has 1 fully saturated rings. The molecule has 1 unspecified atom stereocenters. The van der Waals surface area contributed by atoms with Crippen LogP contribution in [0.5, 0.6) is 0 Å². The van der Waals surface area contributed by atoms with E-state index in [-0.39, 0.29) is 11.8 Å². The summed E-state index contributed by atoms with van der Waals surface area (Å²) in [6.07, 6.45) is 2.79. The van der Waals surface area contributed by atoms with Gasteiger partial charge in [0.05, 0.1) is 0 Å². The molecule has 1 heterocycles. The summed E-state index contributed by atoms with van der Waals surface area (Å²) >= 11 is 0. The van der Waals surface area contributed by atoms with E-state index in [1.54, 1.807) is 24.3 Å². The third-order valence-corrected chi connectivity index (χ3v) is 3.58. The number of nitrogens with zero attached hydrogens (tertiary/aromatic N) is 1. The van der Waals surface area contributed by atoms with Crippen LogP contribution in [-0.2, 0) is 9.59 Å². The van der Waals surface area contributed by atoms with Crippen LogP contribution in [-0.4, -0.2) is 36.3 Å². The number of anilines is 2. The number of carbonyl (C=O) groups is 2. The SMILES string of the molecule is CC(=O)Nc1ccc(NC(=O)CC2CCCN2C)cc1. The Hall–Kier alpha value is -1.88. The van der Waals surface area contributed by atoms with Crippen molar-refractivity contribution in [2.24, 2.45) is 0 Å². The molecule has 1 aromatic rings. The van der Waals surface area contributed by atoms with Crippen LogP contribution in [0.25, 0.3) is 0 Å². The molecule has 1 saturated heterocycles. The topological polar surface area (TPSA) is 61.4 Å². The van der Waals surface area contributed by atoms with Gasteiger partial charge in [-0.3, -0.25) is 9.59 Å². The van der Waals surface area contributed by atoms with Crippen LogP contribution in [0.1, 0.15) is 26.2 Å².